The van der Waals surface area contributed by atoms with E-state index >= 15 is 0 Å². The van der Waals surface area contributed by atoms with E-state index in [1.807, 2.05) is 6.07 Å². The lowest BCUT2D eigenvalue weighted by Crippen LogP contribution is -1.87. The fourth-order valence-electron chi connectivity index (χ4n) is 3.09. The van der Waals surface area contributed by atoms with Crippen molar-refractivity contribution in [2.24, 2.45) is 0 Å². The number of rotatable bonds is 1. The SMILES string of the molecule is [2H]C([2H])([2H])c1ccnc(-c2ccc3c(c2)Cc2cc(C)ccc2-3)c1. The van der Waals surface area contributed by atoms with E-state index in [2.05, 4.69) is 42.2 Å². The Bertz CT molecular complexity index is 942. The molecule has 2 aromatic carbocycles. The molecule has 1 aliphatic carbocycles. The summed E-state index contributed by atoms with van der Waals surface area (Å²) >= 11 is 0. The Morgan fingerprint density at radius 1 is 0.905 bits per heavy atom. The molecule has 1 nitrogen and oxygen atoms in total. The number of hydrogen-bond acceptors (Lipinski definition) is 1. The molecule has 4 rings (SSSR count). The first-order valence-electron chi connectivity index (χ1n) is 8.61. The van der Waals surface area contributed by atoms with Crippen molar-refractivity contribution in [3.8, 4) is 22.4 Å². The van der Waals surface area contributed by atoms with E-state index in [1.165, 1.54) is 27.8 Å². The molecule has 1 aromatic heterocycles. The number of benzene rings is 2. The van der Waals surface area contributed by atoms with E-state index < -0.39 is 6.85 Å². The molecule has 21 heavy (non-hydrogen) atoms. The highest BCUT2D eigenvalue weighted by atomic mass is 14.7. The lowest BCUT2D eigenvalue weighted by molar-refractivity contribution is 1.24. The summed E-state index contributed by atoms with van der Waals surface area (Å²) in [4.78, 5) is 4.36. The van der Waals surface area contributed by atoms with Gasteiger partial charge in [-0.25, -0.2) is 0 Å². The molecule has 3 aromatic rings. The molecule has 0 bridgehead atoms. The molecule has 0 saturated carbocycles. The largest absolute Gasteiger partial charge is 0.256 e. The second-order valence-corrected chi connectivity index (χ2v) is 5.64. The number of nitrogens with zero attached hydrogens (tertiary/aromatic N) is 1. The van der Waals surface area contributed by atoms with E-state index in [0.29, 0.717) is 11.3 Å². The van der Waals surface area contributed by atoms with Crippen molar-refractivity contribution in [2.45, 2.75) is 20.2 Å². The zero-order valence-electron chi connectivity index (χ0n) is 14.9. The fraction of sp³-hybridized carbons (Fsp3) is 0.150. The summed E-state index contributed by atoms with van der Waals surface area (Å²) in [6, 6.07) is 16.1. The van der Waals surface area contributed by atoms with Gasteiger partial charge in [0.2, 0.25) is 0 Å². The van der Waals surface area contributed by atoms with Gasteiger partial charge in [0.15, 0.2) is 0 Å². The van der Waals surface area contributed by atoms with Crippen LogP contribution in [0.25, 0.3) is 22.4 Å². The van der Waals surface area contributed by atoms with Crippen molar-refractivity contribution in [2.75, 3.05) is 0 Å². The molecule has 0 unspecified atom stereocenters. The van der Waals surface area contributed by atoms with Crippen molar-refractivity contribution in [3.63, 3.8) is 0 Å². The fourth-order valence-corrected chi connectivity index (χ4v) is 3.09. The van der Waals surface area contributed by atoms with Crippen LogP contribution in [0.15, 0.2) is 54.7 Å². The van der Waals surface area contributed by atoms with E-state index in [1.54, 1.807) is 18.3 Å². The Hall–Kier alpha value is -2.41. The predicted molar refractivity (Wildman–Crippen MR) is 87.4 cm³/mol. The Labute approximate surface area is 129 Å². The average Bonchev–Trinajstić information content (AvgIpc) is 2.90. The van der Waals surface area contributed by atoms with Crippen molar-refractivity contribution >= 4 is 0 Å². The number of hydrogen-bond donors (Lipinski definition) is 0. The molecule has 0 saturated heterocycles. The Morgan fingerprint density at radius 2 is 1.71 bits per heavy atom. The van der Waals surface area contributed by atoms with Gasteiger partial charge in [0.25, 0.3) is 0 Å². The van der Waals surface area contributed by atoms with Crippen LogP contribution in [-0.2, 0) is 6.42 Å². The molecule has 0 fully saturated rings. The maximum atomic E-state index is 7.57. The Balaban J connectivity index is 1.76. The van der Waals surface area contributed by atoms with E-state index in [4.69, 9.17) is 4.11 Å². The molecular weight excluding hydrogens is 254 g/mol. The Morgan fingerprint density at radius 3 is 2.57 bits per heavy atom. The molecule has 0 spiro atoms. The van der Waals surface area contributed by atoms with Crippen molar-refractivity contribution in [1.29, 1.82) is 0 Å². The monoisotopic (exact) mass is 274 g/mol. The predicted octanol–water partition coefficient (Wildman–Crippen LogP) is 4.94. The quantitative estimate of drug-likeness (QED) is 0.479. The summed E-state index contributed by atoms with van der Waals surface area (Å²) in [5.41, 5.74) is 8.45. The van der Waals surface area contributed by atoms with Crippen LogP contribution >= 0.6 is 0 Å². The van der Waals surface area contributed by atoms with E-state index in [9.17, 15) is 0 Å². The van der Waals surface area contributed by atoms with Crippen molar-refractivity contribution in [1.82, 2.24) is 4.98 Å². The smallest absolute Gasteiger partial charge is 0.0704 e. The van der Waals surface area contributed by atoms with Crippen molar-refractivity contribution in [3.05, 3.63) is 77.0 Å². The van der Waals surface area contributed by atoms with E-state index in [-0.39, 0.29) is 0 Å². The number of fused-ring (bicyclic) bond motifs is 3. The topological polar surface area (TPSA) is 12.9 Å². The molecule has 1 heteroatoms. The van der Waals surface area contributed by atoms with Gasteiger partial charge >= 0.3 is 0 Å². The summed E-state index contributed by atoms with van der Waals surface area (Å²) in [7, 11) is 0. The van der Waals surface area contributed by atoms with Crippen LogP contribution in [0.1, 0.15) is 26.4 Å². The lowest BCUT2D eigenvalue weighted by atomic mass is 10.0. The van der Waals surface area contributed by atoms with Gasteiger partial charge in [-0.15, -0.1) is 0 Å². The Kier molecular flexibility index (Phi) is 2.06. The van der Waals surface area contributed by atoms with Crippen LogP contribution in [-0.4, -0.2) is 4.98 Å². The third-order valence-corrected chi connectivity index (χ3v) is 4.09. The third kappa shape index (κ3) is 2.06. The van der Waals surface area contributed by atoms with Crippen LogP contribution < -0.4 is 0 Å². The summed E-state index contributed by atoms with van der Waals surface area (Å²) in [6.45, 7) is 0.00110. The zero-order chi connectivity index (χ0) is 16.9. The zero-order valence-corrected chi connectivity index (χ0v) is 11.9. The van der Waals surface area contributed by atoms with Crippen LogP contribution in [0.2, 0.25) is 0 Å². The van der Waals surface area contributed by atoms with Crippen LogP contribution in [0.5, 0.6) is 0 Å². The van der Waals surface area contributed by atoms with Gasteiger partial charge in [-0.05, 0) is 66.2 Å². The second-order valence-electron chi connectivity index (χ2n) is 5.64. The van der Waals surface area contributed by atoms with Gasteiger partial charge in [0, 0.05) is 15.9 Å². The third-order valence-electron chi connectivity index (χ3n) is 4.09. The van der Waals surface area contributed by atoms with Crippen LogP contribution in [0.4, 0.5) is 0 Å². The normalized spacial score (nSPS) is 14.8. The molecule has 0 radical (unpaired) electrons. The molecule has 0 N–H and O–H groups in total. The first-order chi connectivity index (χ1) is 11.4. The second kappa shape index (κ2) is 4.56. The molecule has 102 valence electrons. The summed E-state index contributed by atoms with van der Waals surface area (Å²) in [5, 5.41) is 0. The molecule has 0 aliphatic heterocycles. The summed E-state index contributed by atoms with van der Waals surface area (Å²) in [5.74, 6) is 0. The summed E-state index contributed by atoms with van der Waals surface area (Å²) in [6.07, 6.45) is 2.49. The first-order valence-corrected chi connectivity index (χ1v) is 7.11. The van der Waals surface area contributed by atoms with Crippen LogP contribution in [0, 0.1) is 13.8 Å². The van der Waals surface area contributed by atoms with E-state index in [0.717, 1.165) is 12.0 Å². The maximum Gasteiger partial charge on any atom is 0.0704 e. The number of aromatic nitrogens is 1. The minimum atomic E-state index is -2.11. The van der Waals surface area contributed by atoms with Crippen molar-refractivity contribution < 1.29 is 4.11 Å². The molecule has 0 amide bonds. The maximum absolute atomic E-state index is 7.57. The first kappa shape index (κ1) is 9.51. The highest BCUT2D eigenvalue weighted by Crippen LogP contribution is 2.38. The highest BCUT2D eigenvalue weighted by molar-refractivity contribution is 5.79. The lowest BCUT2D eigenvalue weighted by Gasteiger charge is -2.06. The molecule has 1 aliphatic rings. The molecule has 1 heterocycles. The standard InChI is InChI=1S/C20H17N/c1-13-3-5-18-16(9-13)12-17-11-15(4-6-19(17)18)20-10-14(2)7-8-21-20/h3-11H,12H2,1-2H3/i2D3. The highest BCUT2D eigenvalue weighted by Gasteiger charge is 2.18. The van der Waals surface area contributed by atoms with Gasteiger partial charge in [0.05, 0.1) is 5.69 Å². The molecular formula is C20H17N. The number of pyridine rings is 1. The minimum Gasteiger partial charge on any atom is -0.256 e. The van der Waals surface area contributed by atoms with Gasteiger partial charge in [0.1, 0.15) is 0 Å². The van der Waals surface area contributed by atoms with Crippen LogP contribution in [0.3, 0.4) is 0 Å². The number of aryl methyl sites for hydroxylation is 2. The van der Waals surface area contributed by atoms with Gasteiger partial charge < -0.3 is 0 Å². The minimum absolute atomic E-state index is 0.326. The van der Waals surface area contributed by atoms with Gasteiger partial charge in [-0.1, -0.05) is 35.9 Å². The molecule has 0 atom stereocenters. The van der Waals surface area contributed by atoms with Gasteiger partial charge in [-0.3, -0.25) is 4.98 Å². The van der Waals surface area contributed by atoms with Gasteiger partial charge in [-0.2, -0.15) is 0 Å². The summed E-state index contributed by atoms with van der Waals surface area (Å²) < 4.78 is 22.7. The average molecular weight is 274 g/mol.